The molecule has 3 heterocycles. The number of carbonyl (C=O) groups excluding carboxylic acids is 1. The fourth-order valence-electron chi connectivity index (χ4n) is 14.7. The predicted octanol–water partition coefficient (Wildman–Crippen LogP) is -0.157. The molecule has 8 rings (SSSR count). The largest absolute Gasteiger partial charge is 0.479 e. The summed E-state index contributed by atoms with van der Waals surface area (Å²) in [5.41, 5.74) is -2.02. The first kappa shape index (κ1) is 50.5. The highest BCUT2D eigenvalue weighted by atomic mass is 16.8. The number of carbonyl (C=O) groups is 2. The number of carboxylic acids is 1. The summed E-state index contributed by atoms with van der Waals surface area (Å²) < 4.78 is 35.4. The molecular weight excluding hydrogens is 868 g/mol. The third-order valence-electron chi connectivity index (χ3n) is 19.1. The summed E-state index contributed by atoms with van der Waals surface area (Å²) in [5.74, 6) is -2.27. The maximum atomic E-state index is 14.7. The number of rotatable bonds is 8. The molecule has 0 spiro atoms. The normalized spacial score (nSPS) is 53.2. The van der Waals surface area contributed by atoms with Crippen LogP contribution in [0.2, 0.25) is 0 Å². The number of fused-ring (bicyclic) bond motifs is 7. The molecule has 0 amide bonds. The van der Waals surface area contributed by atoms with Crippen LogP contribution >= 0.6 is 0 Å². The standard InChI is InChI=1S/C47H74O19/c1-42(2)16-21-20-8-9-25-44(5)12-11-27(63-40-36(32(55)31(54)35(64-40)37(58)59)65-38-33(56)28(51)22(49)19-61-38)43(3,4)24(44)10-13-46(25,7)45(20,6)14-15-47(21,17-26(42)50)41(60)66-39-34(57)30(53)29(52)23(18-48)62-39/h8,21-36,38-40,48-57H,9-19H2,1-7H3,(H,58,59). The van der Waals surface area contributed by atoms with Crippen LogP contribution in [0.25, 0.3) is 0 Å². The maximum Gasteiger partial charge on any atom is 0.335 e. The quantitative estimate of drug-likeness (QED) is 0.0856. The van der Waals surface area contributed by atoms with Crippen LogP contribution in [-0.4, -0.2) is 180 Å². The highest BCUT2D eigenvalue weighted by molar-refractivity contribution is 5.79. The van der Waals surface area contributed by atoms with Gasteiger partial charge in [0.15, 0.2) is 18.7 Å². The van der Waals surface area contributed by atoms with Crippen molar-refractivity contribution in [2.24, 2.45) is 50.2 Å². The fourth-order valence-corrected chi connectivity index (χ4v) is 14.7. The van der Waals surface area contributed by atoms with Gasteiger partial charge in [0, 0.05) is 0 Å². The number of hydrogen-bond donors (Lipinski definition) is 11. The Balaban J connectivity index is 1.06. The molecule has 4 saturated carbocycles. The van der Waals surface area contributed by atoms with Crippen molar-refractivity contribution in [2.75, 3.05) is 13.2 Å². The van der Waals surface area contributed by atoms with Crippen molar-refractivity contribution in [3.05, 3.63) is 11.6 Å². The molecule has 8 aliphatic rings. The van der Waals surface area contributed by atoms with E-state index in [1.54, 1.807) is 0 Å². The average molecular weight is 943 g/mol. The van der Waals surface area contributed by atoms with Gasteiger partial charge in [0.1, 0.15) is 61.0 Å². The van der Waals surface area contributed by atoms with Gasteiger partial charge in [0.05, 0.1) is 30.8 Å². The molecular formula is C47H74O19. The molecule has 0 bridgehead atoms. The molecule has 7 fully saturated rings. The third-order valence-corrected chi connectivity index (χ3v) is 19.1. The number of esters is 1. The second-order valence-electron chi connectivity index (χ2n) is 23.1. The summed E-state index contributed by atoms with van der Waals surface area (Å²) in [7, 11) is 0. The summed E-state index contributed by atoms with van der Waals surface area (Å²) in [4.78, 5) is 26.9. The Morgan fingerprint density at radius 2 is 1.39 bits per heavy atom. The Labute approximate surface area is 385 Å². The number of aliphatic hydroxyl groups excluding tert-OH is 10. The molecule has 66 heavy (non-hydrogen) atoms. The Morgan fingerprint density at radius 3 is 2.06 bits per heavy atom. The lowest BCUT2D eigenvalue weighted by Crippen LogP contribution is -2.67. The SMILES string of the molecule is CC1(C)CC2C3=CCC4C5(C)CCC(OC6OC(C(=O)O)C(O)C(O)C6OC6OCC(O)C(O)C6O)C(C)(C)C5CCC4(C)C3(C)CCC2(C(=O)OC2OC(CO)C(O)C(O)C2O)CC1O. The topological polar surface area (TPSA) is 312 Å². The van der Waals surface area contributed by atoms with E-state index >= 15 is 0 Å². The van der Waals surface area contributed by atoms with Gasteiger partial charge in [0.2, 0.25) is 6.29 Å². The van der Waals surface area contributed by atoms with Gasteiger partial charge in [-0.25, -0.2) is 4.79 Å². The van der Waals surface area contributed by atoms with E-state index < -0.39 is 140 Å². The Kier molecular flexibility index (Phi) is 13.3. The van der Waals surface area contributed by atoms with Gasteiger partial charge in [-0.2, -0.15) is 0 Å². The summed E-state index contributed by atoms with van der Waals surface area (Å²) in [6.07, 6.45) is -17.1. The van der Waals surface area contributed by atoms with Crippen molar-refractivity contribution in [2.45, 2.75) is 204 Å². The van der Waals surface area contributed by atoms with Crippen LogP contribution in [0.1, 0.15) is 106 Å². The van der Waals surface area contributed by atoms with E-state index in [4.69, 9.17) is 28.4 Å². The molecule has 11 N–H and O–H groups in total. The highest BCUT2D eigenvalue weighted by Gasteiger charge is 2.71. The monoisotopic (exact) mass is 942 g/mol. The van der Waals surface area contributed by atoms with Crippen molar-refractivity contribution in [3.8, 4) is 0 Å². The van der Waals surface area contributed by atoms with Crippen LogP contribution in [0, 0.1) is 50.2 Å². The molecule has 5 aliphatic carbocycles. The molecule has 3 saturated heterocycles. The van der Waals surface area contributed by atoms with Crippen molar-refractivity contribution in [1.29, 1.82) is 0 Å². The van der Waals surface area contributed by atoms with E-state index in [1.165, 1.54) is 0 Å². The number of aliphatic hydroxyl groups is 10. The lowest BCUT2D eigenvalue weighted by molar-refractivity contribution is -0.366. The van der Waals surface area contributed by atoms with Crippen molar-refractivity contribution >= 4 is 11.9 Å². The molecule has 23 atom stereocenters. The van der Waals surface area contributed by atoms with Crippen molar-refractivity contribution in [1.82, 2.24) is 0 Å². The molecule has 19 heteroatoms. The summed E-state index contributed by atoms with van der Waals surface area (Å²) >= 11 is 0. The summed E-state index contributed by atoms with van der Waals surface area (Å²) in [5, 5.41) is 116. The van der Waals surface area contributed by atoms with E-state index in [9.17, 15) is 65.8 Å². The molecule has 3 aliphatic heterocycles. The van der Waals surface area contributed by atoms with E-state index in [0.717, 1.165) is 18.4 Å². The Morgan fingerprint density at radius 1 is 0.712 bits per heavy atom. The Hall–Kier alpha value is -1.92. The van der Waals surface area contributed by atoms with Gasteiger partial charge >= 0.3 is 11.9 Å². The van der Waals surface area contributed by atoms with Crippen LogP contribution in [0.15, 0.2) is 11.6 Å². The zero-order chi connectivity index (χ0) is 48.4. The smallest absolute Gasteiger partial charge is 0.335 e. The van der Waals surface area contributed by atoms with E-state index in [1.807, 2.05) is 13.8 Å². The van der Waals surface area contributed by atoms with Crippen LogP contribution in [-0.2, 0) is 38.0 Å². The molecule has 0 aromatic heterocycles. The van der Waals surface area contributed by atoms with Gasteiger partial charge in [-0.3, -0.25) is 4.79 Å². The number of carboxylic acid groups (broad SMARTS) is 1. The third kappa shape index (κ3) is 7.64. The number of hydrogen-bond acceptors (Lipinski definition) is 18. The van der Waals surface area contributed by atoms with E-state index in [2.05, 4.69) is 40.7 Å². The molecule has 19 nitrogen and oxygen atoms in total. The molecule has 0 aromatic rings. The lowest BCUT2D eigenvalue weighted by Gasteiger charge is -2.71. The number of aliphatic carboxylic acids is 1. The summed E-state index contributed by atoms with van der Waals surface area (Å²) in [6.45, 7) is 14.2. The number of ether oxygens (including phenoxy) is 6. The Bertz CT molecular complexity index is 1860. The van der Waals surface area contributed by atoms with Gasteiger partial charge in [-0.1, -0.05) is 60.1 Å². The maximum absolute atomic E-state index is 14.7. The summed E-state index contributed by atoms with van der Waals surface area (Å²) in [6, 6.07) is 0. The van der Waals surface area contributed by atoms with E-state index in [0.29, 0.717) is 38.5 Å². The highest BCUT2D eigenvalue weighted by Crippen LogP contribution is 2.76. The minimum absolute atomic E-state index is 0.0780. The van der Waals surface area contributed by atoms with Crippen molar-refractivity contribution < 1.29 is 94.2 Å². The first-order valence-corrected chi connectivity index (χ1v) is 23.8. The van der Waals surface area contributed by atoms with Crippen LogP contribution in [0.4, 0.5) is 0 Å². The van der Waals surface area contributed by atoms with Crippen LogP contribution in [0.5, 0.6) is 0 Å². The number of allylic oxidation sites excluding steroid dienone is 2. The van der Waals surface area contributed by atoms with E-state index in [-0.39, 0.29) is 40.4 Å². The molecule has 0 aromatic carbocycles. The predicted molar refractivity (Wildman–Crippen MR) is 226 cm³/mol. The molecule has 376 valence electrons. The molecule has 0 radical (unpaired) electrons. The second-order valence-corrected chi connectivity index (χ2v) is 23.1. The zero-order valence-corrected chi connectivity index (χ0v) is 39.0. The first-order valence-electron chi connectivity index (χ1n) is 23.8. The van der Waals surface area contributed by atoms with Gasteiger partial charge in [-0.05, 0) is 103 Å². The van der Waals surface area contributed by atoms with Gasteiger partial charge in [-0.15, -0.1) is 0 Å². The average Bonchev–Trinajstić information content (AvgIpc) is 3.25. The minimum Gasteiger partial charge on any atom is -0.479 e. The fraction of sp³-hybridized carbons (Fsp3) is 0.915. The van der Waals surface area contributed by atoms with Crippen LogP contribution < -0.4 is 0 Å². The lowest BCUT2D eigenvalue weighted by atomic mass is 9.33. The minimum atomic E-state index is -1.93. The second kappa shape index (κ2) is 17.4. The molecule has 23 unspecified atom stereocenters. The zero-order valence-electron chi connectivity index (χ0n) is 39.0. The first-order chi connectivity index (χ1) is 30.7. The van der Waals surface area contributed by atoms with Gasteiger partial charge in [0.25, 0.3) is 0 Å². The van der Waals surface area contributed by atoms with Crippen molar-refractivity contribution in [3.63, 3.8) is 0 Å². The van der Waals surface area contributed by atoms with Crippen LogP contribution in [0.3, 0.4) is 0 Å². The van der Waals surface area contributed by atoms with Gasteiger partial charge < -0.3 is 84.6 Å².